The minimum Gasteiger partial charge on any atom is -0.468 e. The van der Waals surface area contributed by atoms with Crippen LogP contribution in [0.15, 0.2) is 16.7 Å². The van der Waals surface area contributed by atoms with Crippen molar-refractivity contribution in [2.75, 3.05) is 6.54 Å². The maximum absolute atomic E-state index is 5.18. The molecule has 2 N–H and O–H groups in total. The zero-order chi connectivity index (χ0) is 7.40. The molecule has 52 valence electrons. The van der Waals surface area contributed by atoms with Crippen molar-refractivity contribution >= 4 is 0 Å². The predicted octanol–water partition coefficient (Wildman–Crippen LogP) is 0.898. The van der Waals surface area contributed by atoms with Crippen molar-refractivity contribution in [1.82, 2.24) is 0 Å². The Hall–Kier alpha value is -1.20. The normalized spacial score (nSPS) is 8.60. The third kappa shape index (κ3) is 1.64. The Morgan fingerprint density at radius 3 is 3.00 bits per heavy atom. The molecule has 2 nitrogen and oxygen atoms in total. The first kappa shape index (κ1) is 6.91. The van der Waals surface area contributed by atoms with Crippen LogP contribution in [0.1, 0.15) is 11.3 Å². The highest BCUT2D eigenvalue weighted by molar-refractivity contribution is 5.32. The molecule has 2 heteroatoms. The molecular formula is C8H9NO. The molecule has 10 heavy (non-hydrogen) atoms. The summed E-state index contributed by atoms with van der Waals surface area (Å²) in [4.78, 5) is 0. The van der Waals surface area contributed by atoms with E-state index in [1.54, 1.807) is 6.26 Å². The van der Waals surface area contributed by atoms with Gasteiger partial charge in [-0.05, 0) is 13.0 Å². The van der Waals surface area contributed by atoms with Crippen molar-refractivity contribution in [3.8, 4) is 11.8 Å². The van der Waals surface area contributed by atoms with Crippen molar-refractivity contribution in [2.24, 2.45) is 5.73 Å². The predicted molar refractivity (Wildman–Crippen MR) is 39.4 cm³/mol. The van der Waals surface area contributed by atoms with Gasteiger partial charge in [0.25, 0.3) is 0 Å². The van der Waals surface area contributed by atoms with E-state index >= 15 is 0 Å². The Morgan fingerprint density at radius 2 is 2.50 bits per heavy atom. The van der Waals surface area contributed by atoms with E-state index in [1.165, 1.54) is 0 Å². The van der Waals surface area contributed by atoms with E-state index < -0.39 is 0 Å². The first-order chi connectivity index (χ1) is 4.83. The van der Waals surface area contributed by atoms with E-state index in [0.717, 1.165) is 11.3 Å². The molecule has 0 radical (unpaired) electrons. The van der Waals surface area contributed by atoms with Crippen molar-refractivity contribution in [1.29, 1.82) is 0 Å². The van der Waals surface area contributed by atoms with Gasteiger partial charge in [0.1, 0.15) is 12.0 Å². The van der Waals surface area contributed by atoms with Crippen LogP contribution in [0.3, 0.4) is 0 Å². The summed E-state index contributed by atoms with van der Waals surface area (Å²) in [5.74, 6) is 6.47. The van der Waals surface area contributed by atoms with Crippen molar-refractivity contribution in [2.45, 2.75) is 6.92 Å². The fraction of sp³-hybridized carbons (Fsp3) is 0.250. The van der Waals surface area contributed by atoms with Gasteiger partial charge in [0.15, 0.2) is 0 Å². The van der Waals surface area contributed by atoms with E-state index in [9.17, 15) is 0 Å². The monoisotopic (exact) mass is 135 g/mol. The second-order valence-electron chi connectivity index (χ2n) is 1.95. The molecule has 0 aliphatic carbocycles. The SMILES string of the molecule is Cc1cc(C#CCN)co1. The van der Waals surface area contributed by atoms with Gasteiger partial charge in [0.2, 0.25) is 0 Å². The third-order valence-corrected chi connectivity index (χ3v) is 1.07. The summed E-state index contributed by atoms with van der Waals surface area (Å²) in [6, 6.07) is 1.88. The second-order valence-corrected chi connectivity index (χ2v) is 1.95. The molecule has 1 heterocycles. The van der Waals surface area contributed by atoms with E-state index in [0.29, 0.717) is 6.54 Å². The lowest BCUT2D eigenvalue weighted by molar-refractivity contribution is 0.533. The molecule has 0 bridgehead atoms. The van der Waals surface area contributed by atoms with E-state index in [2.05, 4.69) is 11.8 Å². The zero-order valence-electron chi connectivity index (χ0n) is 5.85. The molecule has 0 atom stereocenters. The van der Waals surface area contributed by atoms with Crippen LogP contribution in [0.2, 0.25) is 0 Å². The summed E-state index contributed by atoms with van der Waals surface area (Å²) >= 11 is 0. The summed E-state index contributed by atoms with van der Waals surface area (Å²) < 4.78 is 5.02. The molecule has 0 unspecified atom stereocenters. The van der Waals surface area contributed by atoms with Crippen LogP contribution in [0.4, 0.5) is 0 Å². The Kier molecular flexibility index (Phi) is 2.14. The fourth-order valence-corrected chi connectivity index (χ4v) is 0.662. The first-order valence-electron chi connectivity index (χ1n) is 3.07. The molecular weight excluding hydrogens is 126 g/mol. The molecule has 0 saturated carbocycles. The summed E-state index contributed by atoms with van der Waals surface area (Å²) in [5, 5.41) is 0. The summed E-state index contributed by atoms with van der Waals surface area (Å²) in [6.45, 7) is 2.28. The molecule has 0 aliphatic heterocycles. The molecule has 0 aromatic carbocycles. The number of hydrogen-bond acceptors (Lipinski definition) is 2. The van der Waals surface area contributed by atoms with Gasteiger partial charge in [0, 0.05) is 0 Å². The highest BCUT2D eigenvalue weighted by Crippen LogP contribution is 2.03. The van der Waals surface area contributed by atoms with Gasteiger partial charge in [-0.2, -0.15) is 0 Å². The van der Waals surface area contributed by atoms with Crippen molar-refractivity contribution in [3.05, 3.63) is 23.7 Å². The molecule has 1 aromatic heterocycles. The minimum absolute atomic E-state index is 0.393. The number of aryl methyl sites for hydroxylation is 1. The molecule has 1 rings (SSSR count). The number of hydrogen-bond donors (Lipinski definition) is 1. The van der Waals surface area contributed by atoms with E-state index in [4.69, 9.17) is 10.2 Å². The smallest absolute Gasteiger partial charge is 0.106 e. The van der Waals surface area contributed by atoms with Crippen molar-refractivity contribution < 1.29 is 4.42 Å². The van der Waals surface area contributed by atoms with Gasteiger partial charge in [-0.1, -0.05) is 11.8 Å². The average molecular weight is 135 g/mol. The maximum atomic E-state index is 5.18. The van der Waals surface area contributed by atoms with Crippen LogP contribution >= 0.6 is 0 Å². The third-order valence-electron chi connectivity index (χ3n) is 1.07. The summed E-state index contributed by atoms with van der Waals surface area (Å²) in [7, 11) is 0. The topological polar surface area (TPSA) is 39.2 Å². The van der Waals surface area contributed by atoms with Crippen LogP contribution in [0, 0.1) is 18.8 Å². The zero-order valence-corrected chi connectivity index (χ0v) is 5.85. The minimum atomic E-state index is 0.393. The molecule has 0 spiro atoms. The second kappa shape index (κ2) is 3.09. The Bertz CT molecular complexity index is 264. The summed E-state index contributed by atoms with van der Waals surface area (Å²) in [5.41, 5.74) is 6.07. The van der Waals surface area contributed by atoms with Crippen LogP contribution in [-0.2, 0) is 0 Å². The lowest BCUT2D eigenvalue weighted by atomic mass is 10.3. The number of furan rings is 1. The van der Waals surface area contributed by atoms with Gasteiger partial charge in [-0.25, -0.2) is 0 Å². The Balaban J connectivity index is 2.76. The molecule has 0 saturated heterocycles. The molecule has 0 amide bonds. The van der Waals surface area contributed by atoms with Crippen LogP contribution in [0.25, 0.3) is 0 Å². The lowest BCUT2D eigenvalue weighted by Gasteiger charge is -1.72. The quantitative estimate of drug-likeness (QED) is 0.537. The van der Waals surface area contributed by atoms with Crippen LogP contribution in [-0.4, -0.2) is 6.54 Å². The standard InChI is InChI=1S/C8H9NO/c1-7-5-8(6-10-7)3-2-4-9/h5-6H,4,9H2,1H3. The lowest BCUT2D eigenvalue weighted by Crippen LogP contribution is -1.92. The van der Waals surface area contributed by atoms with Gasteiger partial charge < -0.3 is 10.2 Å². The van der Waals surface area contributed by atoms with Crippen LogP contribution in [0.5, 0.6) is 0 Å². The summed E-state index contributed by atoms with van der Waals surface area (Å²) in [6.07, 6.45) is 1.62. The highest BCUT2D eigenvalue weighted by atomic mass is 16.3. The molecule has 0 aliphatic rings. The number of nitrogens with two attached hydrogens (primary N) is 1. The fourth-order valence-electron chi connectivity index (χ4n) is 0.662. The van der Waals surface area contributed by atoms with Gasteiger partial charge in [-0.15, -0.1) is 0 Å². The Labute approximate surface area is 60.0 Å². The van der Waals surface area contributed by atoms with E-state index in [1.807, 2.05) is 13.0 Å². The average Bonchev–Trinajstić information content (AvgIpc) is 2.31. The van der Waals surface area contributed by atoms with Crippen molar-refractivity contribution in [3.63, 3.8) is 0 Å². The van der Waals surface area contributed by atoms with Gasteiger partial charge in [-0.3, -0.25) is 0 Å². The Morgan fingerprint density at radius 1 is 1.70 bits per heavy atom. The highest BCUT2D eigenvalue weighted by Gasteiger charge is 1.90. The van der Waals surface area contributed by atoms with Crippen LogP contribution < -0.4 is 5.73 Å². The molecule has 0 fully saturated rings. The largest absolute Gasteiger partial charge is 0.468 e. The first-order valence-corrected chi connectivity index (χ1v) is 3.07. The number of rotatable bonds is 0. The van der Waals surface area contributed by atoms with Gasteiger partial charge in [0.05, 0.1) is 12.1 Å². The van der Waals surface area contributed by atoms with E-state index in [-0.39, 0.29) is 0 Å². The maximum Gasteiger partial charge on any atom is 0.106 e. The van der Waals surface area contributed by atoms with Gasteiger partial charge >= 0.3 is 0 Å². The molecule has 1 aromatic rings.